The first-order valence-electron chi connectivity index (χ1n) is 12.9. The third-order valence-electron chi connectivity index (χ3n) is 7.92. The molecule has 2 saturated heterocycles. The second kappa shape index (κ2) is 8.98. The van der Waals surface area contributed by atoms with E-state index in [9.17, 15) is 13.2 Å². The summed E-state index contributed by atoms with van der Waals surface area (Å²) in [5.41, 5.74) is 9.75. The number of para-hydroxylation sites is 1. The summed E-state index contributed by atoms with van der Waals surface area (Å²) in [6.07, 6.45) is 10.5. The highest BCUT2D eigenvalue weighted by atomic mass is 32.2. The van der Waals surface area contributed by atoms with E-state index in [1.54, 1.807) is 17.1 Å². The number of nitrogens with one attached hydrogen (secondary N) is 1. The number of piperidine rings is 1. The third-order valence-corrected chi connectivity index (χ3v) is 9.08. The smallest absolute Gasteiger partial charge is 0.291 e. The van der Waals surface area contributed by atoms with Gasteiger partial charge < -0.3 is 10.6 Å². The number of fused-ring (bicyclic) bond motifs is 3. The number of aromatic nitrogens is 8. The lowest BCUT2D eigenvalue weighted by Gasteiger charge is -2.38. The number of aromatic amines is 1. The van der Waals surface area contributed by atoms with Crippen LogP contribution in [0.4, 0.5) is 5.82 Å². The Kier molecular flexibility index (Phi) is 5.49. The molecule has 0 saturated carbocycles. The molecule has 6 heterocycles. The summed E-state index contributed by atoms with van der Waals surface area (Å²) in [4.78, 5) is 24.0. The molecule has 2 unspecified atom stereocenters. The molecule has 40 heavy (non-hydrogen) atoms. The Bertz CT molecular complexity index is 1830. The Morgan fingerprint density at radius 3 is 2.50 bits per heavy atom. The number of sulfone groups is 1. The quantitative estimate of drug-likeness (QED) is 0.328. The molecular formula is C26H26N10O3S. The van der Waals surface area contributed by atoms with Crippen LogP contribution in [0.3, 0.4) is 0 Å². The maximum Gasteiger partial charge on any atom is 0.291 e. The van der Waals surface area contributed by atoms with E-state index in [4.69, 9.17) is 10.7 Å². The molecule has 2 aliphatic rings. The Labute approximate surface area is 229 Å². The van der Waals surface area contributed by atoms with Crippen LogP contribution in [0.2, 0.25) is 0 Å². The SMILES string of the molecule is CS(=O)(=O)c1c(C2CC3CCC(C2)N3C(=O)c2ncn[nH]2)nc2c(-c3cnn(-c4ccccc4)c3)cnn2c1N. The van der Waals surface area contributed by atoms with E-state index in [1.807, 2.05) is 41.4 Å². The van der Waals surface area contributed by atoms with Gasteiger partial charge in [0, 0.05) is 41.6 Å². The molecule has 2 fully saturated rings. The fourth-order valence-corrected chi connectivity index (χ4v) is 7.28. The lowest BCUT2D eigenvalue weighted by atomic mass is 9.87. The number of nitrogens with two attached hydrogens (primary N) is 1. The maximum absolute atomic E-state index is 13.1. The van der Waals surface area contributed by atoms with E-state index < -0.39 is 9.84 Å². The van der Waals surface area contributed by atoms with Crippen LogP contribution in [-0.2, 0) is 9.84 Å². The zero-order valence-electron chi connectivity index (χ0n) is 21.5. The van der Waals surface area contributed by atoms with E-state index in [1.165, 1.54) is 10.8 Å². The highest BCUT2D eigenvalue weighted by molar-refractivity contribution is 7.91. The van der Waals surface area contributed by atoms with Crippen LogP contribution in [-0.4, -0.2) is 77.1 Å². The normalized spacial score (nSPS) is 20.8. The summed E-state index contributed by atoms with van der Waals surface area (Å²) in [7, 11) is -3.74. The number of hydrogen-bond acceptors (Lipinski definition) is 9. The second-order valence-electron chi connectivity index (χ2n) is 10.4. The number of anilines is 1. The number of rotatable bonds is 5. The first-order chi connectivity index (χ1) is 19.3. The van der Waals surface area contributed by atoms with E-state index in [-0.39, 0.29) is 40.4 Å². The van der Waals surface area contributed by atoms with Gasteiger partial charge in [-0.15, -0.1) is 0 Å². The number of amides is 1. The summed E-state index contributed by atoms with van der Waals surface area (Å²) >= 11 is 0. The second-order valence-corrected chi connectivity index (χ2v) is 12.3. The van der Waals surface area contributed by atoms with Crippen molar-refractivity contribution in [3.63, 3.8) is 0 Å². The number of nitrogens with zero attached hydrogens (tertiary/aromatic N) is 8. The molecule has 5 aromatic rings. The molecule has 1 aromatic carbocycles. The van der Waals surface area contributed by atoms with Crippen molar-refractivity contribution in [2.24, 2.45) is 0 Å². The van der Waals surface area contributed by atoms with Crippen LogP contribution in [0.25, 0.3) is 22.5 Å². The Morgan fingerprint density at radius 1 is 1.07 bits per heavy atom. The molecule has 7 rings (SSSR count). The van der Waals surface area contributed by atoms with E-state index >= 15 is 0 Å². The van der Waals surface area contributed by atoms with Gasteiger partial charge in [0.25, 0.3) is 5.91 Å². The molecule has 3 N–H and O–H groups in total. The maximum atomic E-state index is 13.1. The van der Waals surface area contributed by atoms with Gasteiger partial charge in [-0.3, -0.25) is 9.89 Å². The number of nitrogen functional groups attached to an aromatic ring is 1. The van der Waals surface area contributed by atoms with Gasteiger partial charge in [-0.1, -0.05) is 18.2 Å². The highest BCUT2D eigenvalue weighted by Gasteiger charge is 2.46. The minimum absolute atomic E-state index is 0.00552. The van der Waals surface area contributed by atoms with Crippen molar-refractivity contribution in [1.82, 2.24) is 44.5 Å². The van der Waals surface area contributed by atoms with Crippen molar-refractivity contribution in [1.29, 1.82) is 0 Å². The average molecular weight is 559 g/mol. The summed E-state index contributed by atoms with van der Waals surface area (Å²) in [5, 5.41) is 15.4. The van der Waals surface area contributed by atoms with Crippen LogP contribution < -0.4 is 5.73 Å². The van der Waals surface area contributed by atoms with Crippen molar-refractivity contribution in [2.45, 2.75) is 48.6 Å². The van der Waals surface area contributed by atoms with Crippen LogP contribution in [0.1, 0.15) is 47.9 Å². The zero-order valence-corrected chi connectivity index (χ0v) is 22.4. The lowest BCUT2D eigenvalue weighted by Crippen LogP contribution is -2.46. The fraction of sp³-hybridized carbons (Fsp3) is 0.308. The number of benzene rings is 1. The predicted molar refractivity (Wildman–Crippen MR) is 144 cm³/mol. The molecule has 0 aliphatic carbocycles. The molecule has 14 heteroatoms. The fourth-order valence-electron chi connectivity index (χ4n) is 6.22. The Morgan fingerprint density at radius 2 is 1.82 bits per heavy atom. The summed E-state index contributed by atoms with van der Waals surface area (Å²) in [6, 6.07) is 9.58. The lowest BCUT2D eigenvalue weighted by molar-refractivity contribution is 0.0556. The molecule has 2 bridgehead atoms. The van der Waals surface area contributed by atoms with E-state index in [0.717, 1.165) is 30.3 Å². The van der Waals surface area contributed by atoms with Gasteiger partial charge in [0.05, 0.1) is 23.8 Å². The predicted octanol–water partition coefficient (Wildman–Crippen LogP) is 2.24. The van der Waals surface area contributed by atoms with Gasteiger partial charge in [-0.2, -0.15) is 19.8 Å². The average Bonchev–Trinajstić information content (AvgIpc) is 3.74. The minimum atomic E-state index is -3.74. The van der Waals surface area contributed by atoms with Crippen molar-refractivity contribution >= 4 is 27.2 Å². The number of hydrogen-bond donors (Lipinski definition) is 2. The standard InChI is InChI=1S/C26H26N10O3S/c1-40(38,39)22-21(15-9-18-7-8-19(10-15)35(18)26(37)24-28-14-29-33-24)32-25-20(12-31-36(25)23(22)27)16-11-30-34(13-16)17-5-3-2-4-6-17/h2-6,11-15,18-19H,7-10,27H2,1H3,(H,28,29,33). The van der Waals surface area contributed by atoms with Gasteiger partial charge in [0.2, 0.25) is 5.82 Å². The summed E-state index contributed by atoms with van der Waals surface area (Å²) in [5.74, 6) is -0.168. The van der Waals surface area contributed by atoms with Crippen molar-refractivity contribution in [2.75, 3.05) is 12.0 Å². The van der Waals surface area contributed by atoms with Crippen LogP contribution in [0.15, 0.2) is 60.1 Å². The molecule has 1 amide bonds. The third kappa shape index (κ3) is 3.86. The van der Waals surface area contributed by atoms with Gasteiger partial charge in [-0.05, 0) is 37.8 Å². The molecule has 2 atom stereocenters. The van der Waals surface area contributed by atoms with Crippen molar-refractivity contribution < 1.29 is 13.2 Å². The minimum Gasteiger partial charge on any atom is -0.382 e. The van der Waals surface area contributed by atoms with Gasteiger partial charge in [-0.25, -0.2) is 23.1 Å². The summed E-state index contributed by atoms with van der Waals surface area (Å²) in [6.45, 7) is 0. The first kappa shape index (κ1) is 24.5. The van der Waals surface area contributed by atoms with Crippen molar-refractivity contribution in [3.05, 3.63) is 66.8 Å². The first-order valence-corrected chi connectivity index (χ1v) is 14.8. The van der Waals surface area contributed by atoms with Gasteiger partial charge in [0.1, 0.15) is 17.0 Å². The summed E-state index contributed by atoms with van der Waals surface area (Å²) < 4.78 is 29.2. The van der Waals surface area contributed by atoms with Gasteiger partial charge >= 0.3 is 0 Å². The Hall–Kier alpha value is -4.59. The van der Waals surface area contributed by atoms with Gasteiger partial charge in [0.15, 0.2) is 15.5 Å². The Balaban J connectivity index is 1.30. The molecule has 0 radical (unpaired) electrons. The molecule has 4 aromatic heterocycles. The van der Waals surface area contributed by atoms with Crippen LogP contribution in [0, 0.1) is 0 Å². The molecular weight excluding hydrogens is 532 g/mol. The monoisotopic (exact) mass is 558 g/mol. The van der Waals surface area contributed by atoms with E-state index in [0.29, 0.717) is 29.7 Å². The molecule has 2 aliphatic heterocycles. The number of carbonyl (C=O) groups excluding carboxylic acids is 1. The number of H-pyrrole nitrogens is 1. The largest absolute Gasteiger partial charge is 0.382 e. The topological polar surface area (TPSA) is 170 Å². The van der Waals surface area contributed by atoms with Crippen LogP contribution >= 0.6 is 0 Å². The molecule has 204 valence electrons. The van der Waals surface area contributed by atoms with E-state index in [2.05, 4.69) is 25.4 Å². The zero-order chi connectivity index (χ0) is 27.6. The van der Waals surface area contributed by atoms with Crippen molar-refractivity contribution in [3.8, 4) is 16.8 Å². The highest BCUT2D eigenvalue weighted by Crippen LogP contribution is 2.45. The number of carbonyl (C=O) groups is 1. The molecule has 13 nitrogen and oxygen atoms in total. The molecule has 0 spiro atoms. The van der Waals surface area contributed by atoms with Crippen LogP contribution in [0.5, 0.6) is 0 Å².